The van der Waals surface area contributed by atoms with E-state index in [9.17, 15) is 0 Å². The van der Waals surface area contributed by atoms with Gasteiger partial charge in [-0.1, -0.05) is 13.0 Å². The number of rotatable bonds is 2. The molecule has 3 heteroatoms. The van der Waals surface area contributed by atoms with Crippen molar-refractivity contribution in [3.63, 3.8) is 0 Å². The van der Waals surface area contributed by atoms with Gasteiger partial charge >= 0.3 is 0 Å². The predicted molar refractivity (Wildman–Crippen MR) is 70.3 cm³/mol. The number of benzene rings is 1. The quantitative estimate of drug-likeness (QED) is 0.789. The maximum Gasteiger partial charge on any atom is 0.0686 e. The average molecular weight is 229 g/mol. The Bertz CT molecular complexity index is 529. The van der Waals surface area contributed by atoms with E-state index in [1.807, 2.05) is 6.20 Å². The number of hydrogen-bond donors (Lipinski definition) is 0. The fourth-order valence-electron chi connectivity index (χ4n) is 2.72. The van der Waals surface area contributed by atoms with E-state index < -0.39 is 0 Å². The molecule has 0 bridgehead atoms. The summed E-state index contributed by atoms with van der Waals surface area (Å²) in [6.07, 6.45) is 4.31. The molecule has 2 aromatic rings. The molecule has 1 aromatic heterocycles. The number of fused-ring (bicyclic) bond motifs is 1. The van der Waals surface area contributed by atoms with Gasteiger partial charge in [0.15, 0.2) is 0 Å². The van der Waals surface area contributed by atoms with Gasteiger partial charge in [0, 0.05) is 11.9 Å². The maximum absolute atomic E-state index is 4.58. The van der Waals surface area contributed by atoms with Crippen LogP contribution in [-0.2, 0) is 6.42 Å². The third-order valence-corrected chi connectivity index (χ3v) is 3.78. The molecule has 0 N–H and O–H groups in total. The summed E-state index contributed by atoms with van der Waals surface area (Å²) >= 11 is 0. The van der Waals surface area contributed by atoms with Gasteiger partial charge in [0.2, 0.25) is 0 Å². The molecule has 0 aliphatic carbocycles. The monoisotopic (exact) mass is 229 g/mol. The Balaban J connectivity index is 2.00. The predicted octanol–water partition coefficient (Wildman–Crippen LogP) is 2.48. The fraction of sp³-hybridized carbons (Fsp3) is 0.500. The molecule has 1 fully saturated rings. The SMILES string of the molecule is CCc1ccc2c(cnn2C2CCN(C)C2)c1. The lowest BCUT2D eigenvalue weighted by atomic mass is 10.1. The molecule has 90 valence electrons. The highest BCUT2D eigenvalue weighted by atomic mass is 15.3. The van der Waals surface area contributed by atoms with Crippen LogP contribution in [0.3, 0.4) is 0 Å². The lowest BCUT2D eigenvalue weighted by molar-refractivity contribution is 0.386. The van der Waals surface area contributed by atoms with Crippen LogP contribution >= 0.6 is 0 Å². The molecular formula is C14H19N3. The van der Waals surface area contributed by atoms with Gasteiger partial charge in [-0.05, 0) is 44.1 Å². The van der Waals surface area contributed by atoms with E-state index in [1.54, 1.807) is 0 Å². The molecule has 3 rings (SSSR count). The van der Waals surface area contributed by atoms with Crippen molar-refractivity contribution in [2.45, 2.75) is 25.8 Å². The smallest absolute Gasteiger partial charge is 0.0686 e. The molecule has 1 aromatic carbocycles. The summed E-state index contributed by atoms with van der Waals surface area (Å²) in [5.41, 5.74) is 2.67. The Morgan fingerprint density at radius 1 is 1.41 bits per heavy atom. The first kappa shape index (κ1) is 10.8. The molecule has 0 saturated carbocycles. The van der Waals surface area contributed by atoms with E-state index in [2.05, 4.69) is 46.9 Å². The van der Waals surface area contributed by atoms with Crippen molar-refractivity contribution in [3.05, 3.63) is 30.0 Å². The third-order valence-electron chi connectivity index (χ3n) is 3.78. The van der Waals surface area contributed by atoms with Gasteiger partial charge in [0.05, 0.1) is 17.8 Å². The van der Waals surface area contributed by atoms with E-state index in [4.69, 9.17) is 0 Å². The van der Waals surface area contributed by atoms with Crippen LogP contribution in [0, 0.1) is 0 Å². The third kappa shape index (κ3) is 1.84. The van der Waals surface area contributed by atoms with Crippen molar-refractivity contribution in [1.82, 2.24) is 14.7 Å². The Kier molecular flexibility index (Phi) is 2.63. The summed E-state index contributed by atoms with van der Waals surface area (Å²) in [7, 11) is 2.18. The first-order valence-electron chi connectivity index (χ1n) is 6.42. The second-order valence-corrected chi connectivity index (χ2v) is 5.04. The standard InChI is InChI=1S/C14H19N3/c1-3-11-4-5-14-12(8-11)9-15-17(14)13-6-7-16(2)10-13/h4-5,8-9,13H,3,6-7,10H2,1-2H3. The van der Waals surface area contributed by atoms with Crippen LogP contribution in [0.1, 0.15) is 24.9 Å². The average Bonchev–Trinajstić information content (AvgIpc) is 2.93. The fourth-order valence-corrected chi connectivity index (χ4v) is 2.72. The van der Waals surface area contributed by atoms with Crippen molar-refractivity contribution in [1.29, 1.82) is 0 Å². The summed E-state index contributed by atoms with van der Waals surface area (Å²) in [4.78, 5) is 2.37. The molecule has 1 saturated heterocycles. The Morgan fingerprint density at radius 2 is 2.29 bits per heavy atom. The minimum atomic E-state index is 0.546. The van der Waals surface area contributed by atoms with Crippen LogP contribution in [-0.4, -0.2) is 34.8 Å². The highest BCUT2D eigenvalue weighted by molar-refractivity contribution is 5.79. The van der Waals surface area contributed by atoms with Crippen molar-refractivity contribution >= 4 is 10.9 Å². The van der Waals surface area contributed by atoms with Crippen molar-refractivity contribution in [2.24, 2.45) is 0 Å². The van der Waals surface area contributed by atoms with Gasteiger partial charge < -0.3 is 4.90 Å². The Morgan fingerprint density at radius 3 is 3.00 bits per heavy atom. The van der Waals surface area contributed by atoms with Crippen LogP contribution in [0.4, 0.5) is 0 Å². The lowest BCUT2D eigenvalue weighted by Gasteiger charge is -2.12. The normalized spacial score (nSPS) is 21.4. The molecule has 1 aliphatic rings. The highest BCUT2D eigenvalue weighted by Crippen LogP contribution is 2.25. The van der Waals surface area contributed by atoms with E-state index in [1.165, 1.54) is 29.4 Å². The van der Waals surface area contributed by atoms with Gasteiger partial charge in [-0.3, -0.25) is 4.68 Å². The van der Waals surface area contributed by atoms with Crippen LogP contribution in [0.5, 0.6) is 0 Å². The lowest BCUT2D eigenvalue weighted by Crippen LogP contribution is -2.17. The topological polar surface area (TPSA) is 21.1 Å². The maximum atomic E-state index is 4.58. The Hall–Kier alpha value is -1.35. The van der Waals surface area contributed by atoms with E-state index in [0.717, 1.165) is 13.0 Å². The van der Waals surface area contributed by atoms with Crippen LogP contribution in [0.2, 0.25) is 0 Å². The van der Waals surface area contributed by atoms with Crippen molar-refractivity contribution < 1.29 is 0 Å². The number of likely N-dealkylation sites (N-methyl/N-ethyl adjacent to an activating group) is 1. The Labute approximate surface area is 102 Å². The van der Waals surface area contributed by atoms with Crippen molar-refractivity contribution in [3.8, 4) is 0 Å². The zero-order chi connectivity index (χ0) is 11.8. The van der Waals surface area contributed by atoms with Gasteiger partial charge in [-0.2, -0.15) is 5.10 Å². The van der Waals surface area contributed by atoms with E-state index in [-0.39, 0.29) is 0 Å². The minimum Gasteiger partial charge on any atom is -0.304 e. The molecule has 0 amide bonds. The van der Waals surface area contributed by atoms with Gasteiger partial charge in [0.1, 0.15) is 0 Å². The first-order valence-corrected chi connectivity index (χ1v) is 6.42. The molecule has 0 radical (unpaired) electrons. The van der Waals surface area contributed by atoms with Gasteiger partial charge in [-0.15, -0.1) is 0 Å². The molecule has 1 unspecified atom stereocenters. The molecule has 2 heterocycles. The number of hydrogen-bond acceptors (Lipinski definition) is 2. The molecule has 3 nitrogen and oxygen atoms in total. The van der Waals surface area contributed by atoms with Crippen molar-refractivity contribution in [2.75, 3.05) is 20.1 Å². The van der Waals surface area contributed by atoms with Crippen LogP contribution in [0.15, 0.2) is 24.4 Å². The molecule has 17 heavy (non-hydrogen) atoms. The first-order chi connectivity index (χ1) is 8.28. The van der Waals surface area contributed by atoms with Crippen LogP contribution in [0.25, 0.3) is 10.9 Å². The molecule has 0 spiro atoms. The molecular weight excluding hydrogens is 210 g/mol. The number of nitrogens with zero attached hydrogens (tertiary/aromatic N) is 3. The molecule has 1 aliphatic heterocycles. The number of likely N-dealkylation sites (tertiary alicyclic amines) is 1. The summed E-state index contributed by atoms with van der Waals surface area (Å²) in [5.74, 6) is 0. The zero-order valence-corrected chi connectivity index (χ0v) is 10.6. The second-order valence-electron chi connectivity index (χ2n) is 5.04. The van der Waals surface area contributed by atoms with Crippen LogP contribution < -0.4 is 0 Å². The molecule has 1 atom stereocenters. The number of aromatic nitrogens is 2. The summed E-state index contributed by atoms with van der Waals surface area (Å²) in [6, 6.07) is 7.25. The zero-order valence-electron chi connectivity index (χ0n) is 10.6. The summed E-state index contributed by atoms with van der Waals surface area (Å²) in [6.45, 7) is 4.49. The second kappa shape index (κ2) is 4.15. The summed E-state index contributed by atoms with van der Waals surface area (Å²) in [5, 5.41) is 5.85. The minimum absolute atomic E-state index is 0.546. The van der Waals surface area contributed by atoms with E-state index in [0.29, 0.717) is 6.04 Å². The summed E-state index contributed by atoms with van der Waals surface area (Å²) < 4.78 is 2.21. The van der Waals surface area contributed by atoms with Gasteiger partial charge in [0.25, 0.3) is 0 Å². The van der Waals surface area contributed by atoms with E-state index >= 15 is 0 Å². The number of aryl methyl sites for hydroxylation is 1. The highest BCUT2D eigenvalue weighted by Gasteiger charge is 2.22. The van der Waals surface area contributed by atoms with Gasteiger partial charge in [-0.25, -0.2) is 0 Å². The largest absolute Gasteiger partial charge is 0.304 e.